The van der Waals surface area contributed by atoms with Gasteiger partial charge in [0, 0.05) is 24.8 Å². The van der Waals surface area contributed by atoms with Crippen LogP contribution in [0.2, 0.25) is 0 Å². The fraction of sp³-hybridized carbons (Fsp3) is 0.500. The molecule has 9 nitrogen and oxygen atoms in total. The third-order valence-electron chi connectivity index (χ3n) is 7.36. The molecule has 12 heteroatoms. The summed E-state index contributed by atoms with van der Waals surface area (Å²) in [5.74, 6) is -4.07. The number of ketones is 1. The van der Waals surface area contributed by atoms with Crippen LogP contribution < -0.4 is 15.0 Å². The maximum Gasteiger partial charge on any atom is 0.408 e. The van der Waals surface area contributed by atoms with Gasteiger partial charge in [0.15, 0.2) is 15.6 Å². The van der Waals surface area contributed by atoms with Crippen molar-refractivity contribution in [1.29, 1.82) is 0 Å². The number of alkyl carbamates (subject to hydrolysis) is 1. The summed E-state index contributed by atoms with van der Waals surface area (Å²) < 4.78 is 64.7. The number of ether oxygens (including phenoxy) is 2. The molecule has 228 valence electrons. The Bertz CT molecular complexity index is 1440. The summed E-state index contributed by atoms with van der Waals surface area (Å²) in [7, 11) is -2.60. The number of nitrogens with zero attached hydrogens (tertiary/aromatic N) is 1. The van der Waals surface area contributed by atoms with Gasteiger partial charge in [0.25, 0.3) is 5.91 Å². The van der Waals surface area contributed by atoms with Gasteiger partial charge in [-0.05, 0) is 75.4 Å². The van der Waals surface area contributed by atoms with Crippen LogP contribution in [-0.4, -0.2) is 56.6 Å². The highest BCUT2D eigenvalue weighted by Crippen LogP contribution is 2.39. The Labute approximate surface area is 244 Å². The predicted molar refractivity (Wildman–Crippen MR) is 152 cm³/mol. The first-order chi connectivity index (χ1) is 19.6. The van der Waals surface area contributed by atoms with Gasteiger partial charge in [0.05, 0.1) is 30.0 Å². The highest BCUT2D eigenvalue weighted by Gasteiger charge is 2.40. The van der Waals surface area contributed by atoms with E-state index in [9.17, 15) is 31.6 Å². The number of methoxy groups -OCH3 is 1. The van der Waals surface area contributed by atoms with Crippen molar-refractivity contribution in [3.63, 3.8) is 0 Å². The Balaban J connectivity index is 1.70. The molecule has 1 heterocycles. The average molecular weight is 607 g/mol. The van der Waals surface area contributed by atoms with E-state index in [1.54, 1.807) is 45.0 Å². The molecule has 2 aliphatic rings. The second-order valence-electron chi connectivity index (χ2n) is 11.9. The quantitative estimate of drug-likeness (QED) is 0.425. The monoisotopic (exact) mass is 606 g/mol. The molecule has 1 aliphatic carbocycles. The van der Waals surface area contributed by atoms with Crippen molar-refractivity contribution < 1.29 is 41.1 Å². The number of anilines is 1. The molecular weight excluding hydrogens is 570 g/mol. The molecule has 1 N–H and O–H groups in total. The fourth-order valence-corrected chi connectivity index (χ4v) is 6.77. The Morgan fingerprint density at radius 3 is 2.31 bits per heavy atom. The number of sulfone groups is 1. The topological polar surface area (TPSA) is 119 Å². The van der Waals surface area contributed by atoms with Crippen LogP contribution in [0, 0.1) is 5.92 Å². The SMILES string of the molecule is COc1ccc(CN2C(=O)[C@@H](NC(=O)OC(C)(C)C)CS(=O)(=O)c3ccc(C(=O)CC4CCC(F)(F)CC4)cc32)cc1. The average Bonchev–Trinajstić information content (AvgIpc) is 2.97. The lowest BCUT2D eigenvalue weighted by Crippen LogP contribution is -2.51. The number of carbonyl (C=O) groups excluding carboxylic acids is 3. The molecule has 1 aliphatic heterocycles. The summed E-state index contributed by atoms with van der Waals surface area (Å²) >= 11 is 0. The van der Waals surface area contributed by atoms with Crippen LogP contribution in [0.25, 0.3) is 0 Å². The Morgan fingerprint density at radius 2 is 1.71 bits per heavy atom. The lowest BCUT2D eigenvalue weighted by atomic mass is 9.83. The molecule has 2 aromatic rings. The zero-order chi connectivity index (χ0) is 30.9. The zero-order valence-electron chi connectivity index (χ0n) is 24.1. The summed E-state index contributed by atoms with van der Waals surface area (Å²) in [5, 5.41) is 2.41. The minimum Gasteiger partial charge on any atom is -0.497 e. The van der Waals surface area contributed by atoms with E-state index in [0.717, 1.165) is 0 Å². The Hall–Kier alpha value is -3.54. The van der Waals surface area contributed by atoms with E-state index in [0.29, 0.717) is 11.3 Å². The smallest absolute Gasteiger partial charge is 0.408 e. The molecule has 0 bridgehead atoms. The first kappa shape index (κ1) is 31.4. The summed E-state index contributed by atoms with van der Waals surface area (Å²) in [6, 6.07) is 9.40. The molecule has 42 heavy (non-hydrogen) atoms. The lowest BCUT2D eigenvalue weighted by molar-refractivity contribution is -0.120. The molecule has 1 saturated carbocycles. The number of rotatable bonds is 7. The minimum absolute atomic E-state index is 0.00494. The Kier molecular flexibility index (Phi) is 8.96. The number of carbonyl (C=O) groups is 3. The lowest BCUT2D eigenvalue weighted by Gasteiger charge is -2.28. The fourth-order valence-electron chi connectivity index (χ4n) is 5.17. The number of hydrogen-bond acceptors (Lipinski definition) is 7. The van der Waals surface area contributed by atoms with E-state index in [1.807, 2.05) is 0 Å². The maximum atomic E-state index is 13.9. The van der Waals surface area contributed by atoms with Crippen molar-refractivity contribution in [1.82, 2.24) is 5.32 Å². The van der Waals surface area contributed by atoms with Crippen molar-refractivity contribution >= 4 is 33.3 Å². The zero-order valence-corrected chi connectivity index (χ0v) is 24.9. The van der Waals surface area contributed by atoms with Crippen LogP contribution >= 0.6 is 0 Å². The van der Waals surface area contributed by atoms with Crippen molar-refractivity contribution in [2.45, 2.75) is 81.9 Å². The number of fused-ring (bicyclic) bond motifs is 1. The summed E-state index contributed by atoms with van der Waals surface area (Å²) in [6.45, 7) is 4.86. The normalized spacial score (nSPS) is 20.3. The second kappa shape index (κ2) is 12.0. The van der Waals surface area contributed by atoms with Crippen molar-refractivity contribution in [3.05, 3.63) is 53.6 Å². The first-order valence-corrected chi connectivity index (χ1v) is 15.4. The second-order valence-corrected chi connectivity index (χ2v) is 13.9. The number of amides is 2. The summed E-state index contributed by atoms with van der Waals surface area (Å²) in [6.07, 6.45) is -1.01. The standard InChI is InChI=1S/C30H36F2N2O7S/c1-29(2,3)41-28(37)33-23-18-42(38,39)26-10-7-21(25(35)15-19-11-13-30(31,32)14-12-19)16-24(26)34(27(23)36)17-20-5-8-22(40-4)9-6-20/h5-10,16,19,23H,11-15,17-18H2,1-4H3,(H,33,37)/t23-/m0/s1. The van der Waals surface area contributed by atoms with Gasteiger partial charge >= 0.3 is 6.09 Å². The van der Waals surface area contributed by atoms with Crippen LogP contribution in [-0.2, 0) is 25.9 Å². The van der Waals surface area contributed by atoms with E-state index in [1.165, 1.54) is 30.2 Å². The van der Waals surface area contributed by atoms with Gasteiger partial charge in [-0.15, -0.1) is 0 Å². The first-order valence-electron chi connectivity index (χ1n) is 13.8. The van der Waals surface area contributed by atoms with Gasteiger partial charge in [0.2, 0.25) is 5.92 Å². The number of Topliss-reactive ketones (excluding diaryl/α,β-unsaturated/α-hetero) is 1. The van der Waals surface area contributed by atoms with Crippen LogP contribution in [0.4, 0.5) is 19.3 Å². The molecule has 4 rings (SSSR count). The van der Waals surface area contributed by atoms with Crippen molar-refractivity contribution in [2.24, 2.45) is 5.92 Å². The van der Waals surface area contributed by atoms with E-state index in [-0.39, 0.29) is 66.5 Å². The third kappa shape index (κ3) is 7.64. The number of nitrogens with one attached hydrogen (secondary N) is 1. The maximum absolute atomic E-state index is 13.9. The Morgan fingerprint density at radius 1 is 1.07 bits per heavy atom. The van der Waals surface area contributed by atoms with Gasteiger partial charge in [0.1, 0.15) is 17.4 Å². The third-order valence-corrected chi connectivity index (χ3v) is 9.15. The molecule has 0 unspecified atom stereocenters. The summed E-state index contributed by atoms with van der Waals surface area (Å²) in [4.78, 5) is 40.8. The van der Waals surface area contributed by atoms with Gasteiger partial charge in [-0.3, -0.25) is 9.59 Å². The largest absolute Gasteiger partial charge is 0.497 e. The minimum atomic E-state index is -4.12. The van der Waals surface area contributed by atoms with E-state index in [2.05, 4.69) is 5.32 Å². The van der Waals surface area contributed by atoms with Gasteiger partial charge in [-0.25, -0.2) is 22.0 Å². The molecule has 0 saturated heterocycles. The molecule has 1 fully saturated rings. The van der Waals surface area contributed by atoms with Crippen LogP contribution in [0.15, 0.2) is 47.4 Å². The highest BCUT2D eigenvalue weighted by atomic mass is 32.2. The van der Waals surface area contributed by atoms with E-state index in [4.69, 9.17) is 9.47 Å². The summed E-state index contributed by atoms with van der Waals surface area (Å²) in [5.41, 5.74) is -0.0608. The molecule has 0 spiro atoms. The molecule has 1 atom stereocenters. The molecule has 2 aromatic carbocycles. The molecule has 0 radical (unpaired) electrons. The van der Waals surface area contributed by atoms with Gasteiger partial charge in [-0.1, -0.05) is 12.1 Å². The molecular formula is C30H36F2N2O7S. The highest BCUT2D eigenvalue weighted by molar-refractivity contribution is 7.91. The molecule has 2 amide bonds. The number of halogens is 2. The predicted octanol–water partition coefficient (Wildman–Crippen LogP) is 5.31. The number of hydrogen-bond donors (Lipinski definition) is 1. The van der Waals surface area contributed by atoms with E-state index >= 15 is 0 Å². The van der Waals surface area contributed by atoms with Crippen LogP contribution in [0.3, 0.4) is 0 Å². The van der Waals surface area contributed by atoms with Gasteiger partial charge in [-0.2, -0.15) is 0 Å². The van der Waals surface area contributed by atoms with Gasteiger partial charge < -0.3 is 19.7 Å². The molecule has 0 aromatic heterocycles. The van der Waals surface area contributed by atoms with Crippen LogP contribution in [0.5, 0.6) is 5.75 Å². The van der Waals surface area contributed by atoms with Crippen molar-refractivity contribution in [2.75, 3.05) is 17.8 Å². The van der Waals surface area contributed by atoms with E-state index < -0.39 is 45.2 Å². The van der Waals surface area contributed by atoms with Crippen molar-refractivity contribution in [3.8, 4) is 5.75 Å². The van der Waals surface area contributed by atoms with Crippen LogP contribution in [0.1, 0.15) is 68.8 Å². The number of benzene rings is 2. The number of alkyl halides is 2.